The van der Waals surface area contributed by atoms with E-state index < -0.39 is 0 Å². The number of hydrogen-bond acceptors (Lipinski definition) is 6. The Labute approximate surface area is 109 Å². The first-order valence-corrected chi connectivity index (χ1v) is 5.68. The van der Waals surface area contributed by atoms with E-state index in [1.807, 2.05) is 6.07 Å². The summed E-state index contributed by atoms with van der Waals surface area (Å²) in [6.45, 7) is 0. The number of rotatable bonds is 1. The maximum absolute atomic E-state index is 11.8. The minimum atomic E-state index is -0.321. The molecule has 1 aromatic heterocycles. The van der Waals surface area contributed by atoms with E-state index in [0.29, 0.717) is 11.3 Å². The van der Waals surface area contributed by atoms with Gasteiger partial charge in [0.1, 0.15) is 0 Å². The van der Waals surface area contributed by atoms with Crippen molar-refractivity contribution in [3.63, 3.8) is 0 Å². The molecule has 18 heavy (non-hydrogen) atoms. The van der Waals surface area contributed by atoms with Gasteiger partial charge in [-0.2, -0.15) is 0 Å². The molecular weight excluding hydrogens is 302 g/mol. The molecule has 1 aliphatic rings. The molecule has 0 bridgehead atoms. The van der Waals surface area contributed by atoms with Crippen LogP contribution in [-0.4, -0.2) is 31.9 Å². The van der Waals surface area contributed by atoms with Crippen molar-refractivity contribution in [3.05, 3.63) is 28.2 Å². The van der Waals surface area contributed by atoms with Gasteiger partial charge in [-0.3, -0.25) is 4.79 Å². The van der Waals surface area contributed by atoms with Crippen molar-refractivity contribution in [2.75, 3.05) is 11.1 Å². The molecule has 0 unspecified atom stereocenters. The normalized spacial score (nSPS) is 15.8. The number of nitrogens with one attached hydrogen (secondary N) is 1. The van der Waals surface area contributed by atoms with Crippen LogP contribution in [-0.2, 0) is 4.79 Å². The number of hydrogen-bond donors (Lipinski definition) is 2. The molecule has 1 amide bonds. The van der Waals surface area contributed by atoms with Gasteiger partial charge in [0.15, 0.2) is 5.71 Å². The zero-order valence-electron chi connectivity index (χ0n) is 8.83. The standard InChI is InChI=1S/C9H6BrN7O/c10-4-1-2-6-5(3-4)7(8(18)12-6)14-17-9(11)13-15-16-17/h1-3H,(H2,11,13,16)(H,12,14,18). The van der Waals surface area contributed by atoms with Crippen LogP contribution in [0.25, 0.3) is 0 Å². The second-order valence-corrected chi connectivity index (χ2v) is 4.43. The molecule has 0 saturated heterocycles. The molecule has 0 radical (unpaired) electrons. The van der Waals surface area contributed by atoms with Crippen LogP contribution < -0.4 is 11.1 Å². The number of nitrogens with zero attached hydrogens (tertiary/aromatic N) is 5. The number of carbonyl (C=O) groups excluding carboxylic acids is 1. The molecule has 2 heterocycles. The predicted molar refractivity (Wildman–Crippen MR) is 66.9 cm³/mol. The quantitative estimate of drug-likeness (QED) is 0.783. The van der Waals surface area contributed by atoms with Crippen molar-refractivity contribution in [1.82, 2.24) is 20.3 Å². The molecule has 9 heteroatoms. The van der Waals surface area contributed by atoms with Crippen molar-refractivity contribution >= 4 is 39.2 Å². The lowest BCUT2D eigenvalue weighted by Crippen LogP contribution is -2.16. The van der Waals surface area contributed by atoms with Gasteiger partial charge in [0.2, 0.25) is 0 Å². The molecule has 0 atom stereocenters. The Kier molecular flexibility index (Phi) is 2.33. The molecule has 8 nitrogen and oxygen atoms in total. The van der Waals surface area contributed by atoms with Crippen LogP contribution in [0.5, 0.6) is 0 Å². The summed E-state index contributed by atoms with van der Waals surface area (Å²) in [5.74, 6) is -0.309. The number of amides is 1. The Morgan fingerprint density at radius 2 is 2.28 bits per heavy atom. The van der Waals surface area contributed by atoms with Crippen LogP contribution in [0.4, 0.5) is 11.6 Å². The zero-order chi connectivity index (χ0) is 12.7. The first kappa shape index (κ1) is 10.8. The van der Waals surface area contributed by atoms with Crippen molar-refractivity contribution in [2.24, 2.45) is 5.10 Å². The average molecular weight is 308 g/mol. The number of nitrogens with two attached hydrogens (primary N) is 1. The van der Waals surface area contributed by atoms with Crippen molar-refractivity contribution in [1.29, 1.82) is 0 Å². The van der Waals surface area contributed by atoms with E-state index in [1.165, 1.54) is 0 Å². The highest BCUT2D eigenvalue weighted by Gasteiger charge is 2.26. The third-order valence-electron chi connectivity index (χ3n) is 2.37. The number of carbonyl (C=O) groups is 1. The second-order valence-electron chi connectivity index (χ2n) is 3.52. The molecule has 0 fully saturated rings. The maximum Gasteiger partial charge on any atom is 0.276 e. The highest BCUT2D eigenvalue weighted by Crippen LogP contribution is 2.26. The van der Waals surface area contributed by atoms with E-state index in [-0.39, 0.29) is 17.6 Å². The van der Waals surface area contributed by atoms with Gasteiger partial charge in [0.05, 0.1) is 5.69 Å². The fourth-order valence-corrected chi connectivity index (χ4v) is 1.94. The largest absolute Gasteiger partial charge is 0.365 e. The van der Waals surface area contributed by atoms with Gasteiger partial charge in [-0.1, -0.05) is 25.8 Å². The number of anilines is 2. The number of nitrogen functional groups attached to an aromatic ring is 1. The lowest BCUT2D eigenvalue weighted by atomic mass is 10.1. The summed E-state index contributed by atoms with van der Waals surface area (Å²) >= 11 is 3.34. The highest BCUT2D eigenvalue weighted by molar-refractivity contribution is 9.10. The van der Waals surface area contributed by atoms with Gasteiger partial charge >= 0.3 is 0 Å². The maximum atomic E-state index is 11.8. The number of benzene rings is 1. The van der Waals surface area contributed by atoms with Crippen LogP contribution in [0.15, 0.2) is 27.8 Å². The summed E-state index contributed by atoms with van der Waals surface area (Å²) in [7, 11) is 0. The molecule has 2 aromatic rings. The molecular formula is C9H6BrN7O. The summed E-state index contributed by atoms with van der Waals surface area (Å²) in [6, 6.07) is 5.39. The van der Waals surface area contributed by atoms with Crippen LogP contribution >= 0.6 is 15.9 Å². The fourth-order valence-electron chi connectivity index (χ4n) is 1.58. The molecule has 0 saturated carbocycles. The molecule has 3 rings (SSSR count). The Hall–Kier alpha value is -2.29. The minimum absolute atomic E-state index is 0.0127. The monoisotopic (exact) mass is 307 g/mol. The highest BCUT2D eigenvalue weighted by atomic mass is 79.9. The van der Waals surface area contributed by atoms with E-state index in [1.54, 1.807) is 12.1 Å². The van der Waals surface area contributed by atoms with Gasteiger partial charge in [-0.25, -0.2) is 0 Å². The van der Waals surface area contributed by atoms with Crippen LogP contribution in [0, 0.1) is 0 Å². The van der Waals surface area contributed by atoms with E-state index in [0.717, 1.165) is 9.26 Å². The van der Waals surface area contributed by atoms with E-state index >= 15 is 0 Å². The summed E-state index contributed by atoms with van der Waals surface area (Å²) in [5.41, 5.74) is 7.07. The topological polar surface area (TPSA) is 111 Å². The van der Waals surface area contributed by atoms with Crippen molar-refractivity contribution in [2.45, 2.75) is 0 Å². The number of fused-ring (bicyclic) bond motifs is 1. The first-order valence-electron chi connectivity index (χ1n) is 4.89. The number of aromatic nitrogens is 4. The molecule has 0 aliphatic carbocycles. The van der Waals surface area contributed by atoms with E-state index in [2.05, 4.69) is 41.9 Å². The predicted octanol–water partition coefficient (Wildman–Crippen LogP) is 0.222. The summed E-state index contributed by atoms with van der Waals surface area (Å²) in [4.78, 5) is 12.8. The third-order valence-corrected chi connectivity index (χ3v) is 2.86. The van der Waals surface area contributed by atoms with Crippen LogP contribution in [0.2, 0.25) is 0 Å². The lowest BCUT2D eigenvalue weighted by Gasteiger charge is -1.98. The van der Waals surface area contributed by atoms with E-state index in [4.69, 9.17) is 5.73 Å². The van der Waals surface area contributed by atoms with Gasteiger partial charge in [0, 0.05) is 10.0 Å². The van der Waals surface area contributed by atoms with Crippen molar-refractivity contribution < 1.29 is 4.79 Å². The second kappa shape index (κ2) is 3.88. The Bertz CT molecular complexity index is 677. The van der Waals surface area contributed by atoms with Gasteiger partial charge in [0.25, 0.3) is 11.9 Å². The molecule has 1 aliphatic heterocycles. The molecule has 1 aromatic carbocycles. The summed E-state index contributed by atoms with van der Waals surface area (Å²) in [6.07, 6.45) is 0. The van der Waals surface area contributed by atoms with Crippen LogP contribution in [0.3, 0.4) is 0 Å². The first-order chi connectivity index (χ1) is 8.65. The average Bonchev–Trinajstić information content (AvgIpc) is 2.86. The molecule has 0 spiro atoms. The SMILES string of the molecule is Nc1nnnn1/N=C1\C(=O)Nc2ccc(Br)cc21. The van der Waals surface area contributed by atoms with Gasteiger partial charge < -0.3 is 11.1 Å². The van der Waals surface area contributed by atoms with Gasteiger partial charge in [-0.15, -0.1) is 5.10 Å². The van der Waals surface area contributed by atoms with Crippen molar-refractivity contribution in [3.8, 4) is 0 Å². The smallest absolute Gasteiger partial charge is 0.276 e. The number of halogens is 1. The Morgan fingerprint density at radius 1 is 1.44 bits per heavy atom. The lowest BCUT2D eigenvalue weighted by molar-refractivity contribution is -0.110. The van der Waals surface area contributed by atoms with E-state index in [9.17, 15) is 4.79 Å². The molecule has 90 valence electrons. The zero-order valence-corrected chi connectivity index (χ0v) is 10.4. The Balaban J connectivity index is 2.14. The molecule has 3 N–H and O–H groups in total. The Morgan fingerprint density at radius 3 is 3.00 bits per heavy atom. The fraction of sp³-hybridized carbons (Fsp3) is 0. The minimum Gasteiger partial charge on any atom is -0.365 e. The van der Waals surface area contributed by atoms with Gasteiger partial charge in [-0.05, 0) is 28.6 Å². The van der Waals surface area contributed by atoms with Crippen LogP contribution in [0.1, 0.15) is 5.56 Å². The number of tetrazole rings is 1. The summed E-state index contributed by atoms with van der Waals surface area (Å²) < 4.78 is 0.843. The summed E-state index contributed by atoms with van der Waals surface area (Å²) in [5, 5.41) is 17.1. The third kappa shape index (κ3) is 1.64.